The predicted octanol–water partition coefficient (Wildman–Crippen LogP) is 3.00. The van der Waals surface area contributed by atoms with E-state index >= 15 is 0 Å². The van der Waals surface area contributed by atoms with E-state index in [1.165, 1.54) is 24.5 Å². The van der Waals surface area contributed by atoms with Gasteiger partial charge in [0, 0.05) is 12.1 Å². The van der Waals surface area contributed by atoms with Crippen LogP contribution in [0.25, 0.3) is 0 Å². The van der Waals surface area contributed by atoms with Crippen LogP contribution >= 0.6 is 11.8 Å². The molecule has 2 unspecified atom stereocenters. The number of rotatable bonds is 6. The molecular formula is C14H29NOS. The smallest absolute Gasteiger partial charge is 0.0569 e. The van der Waals surface area contributed by atoms with E-state index in [9.17, 15) is 5.11 Å². The predicted molar refractivity (Wildman–Crippen MR) is 77.7 cm³/mol. The van der Waals surface area contributed by atoms with Crippen molar-refractivity contribution < 1.29 is 5.11 Å². The first-order chi connectivity index (χ1) is 8.00. The van der Waals surface area contributed by atoms with E-state index in [0.29, 0.717) is 12.1 Å². The highest BCUT2D eigenvalue weighted by Crippen LogP contribution is 2.23. The lowest BCUT2D eigenvalue weighted by Gasteiger charge is -2.41. The minimum Gasteiger partial charge on any atom is -0.393 e. The Bertz CT molecular complexity index is 198. The van der Waals surface area contributed by atoms with Crippen LogP contribution in [0.2, 0.25) is 0 Å². The number of nitrogens with zero attached hydrogens (tertiary/aromatic N) is 1. The highest BCUT2D eigenvalue weighted by Gasteiger charge is 2.28. The summed E-state index contributed by atoms with van der Waals surface area (Å²) in [5.74, 6) is 3.36. The lowest BCUT2D eigenvalue weighted by Crippen LogP contribution is -2.48. The van der Waals surface area contributed by atoms with E-state index in [2.05, 4.69) is 44.4 Å². The molecule has 1 rings (SSSR count). The second-order valence-electron chi connectivity index (χ2n) is 5.88. The maximum absolute atomic E-state index is 9.71. The third-order valence-electron chi connectivity index (χ3n) is 3.51. The van der Waals surface area contributed by atoms with E-state index in [4.69, 9.17) is 0 Å². The Balaban J connectivity index is 2.17. The molecule has 2 atom stereocenters. The van der Waals surface area contributed by atoms with Gasteiger partial charge in [0.2, 0.25) is 0 Å². The van der Waals surface area contributed by atoms with Crippen LogP contribution in [0.15, 0.2) is 0 Å². The molecule has 0 aliphatic carbocycles. The van der Waals surface area contributed by atoms with Gasteiger partial charge < -0.3 is 5.11 Å². The molecule has 0 aromatic heterocycles. The van der Waals surface area contributed by atoms with E-state index in [1.54, 1.807) is 0 Å². The Hall–Kier alpha value is 0.270. The van der Waals surface area contributed by atoms with Crippen LogP contribution in [0.4, 0.5) is 0 Å². The second kappa shape index (κ2) is 7.65. The Morgan fingerprint density at radius 2 is 1.82 bits per heavy atom. The number of aliphatic hydroxyl groups is 1. The van der Waals surface area contributed by atoms with E-state index < -0.39 is 0 Å². The lowest BCUT2D eigenvalue weighted by molar-refractivity contribution is 0.0138. The molecule has 0 amide bonds. The standard InChI is InChI=1S/C14H29NOS/c1-11(2)10-17-7-5-6-15-12(3)8-14(16)9-13(15)4/h11-14,16H,5-10H2,1-4H3. The van der Waals surface area contributed by atoms with Crippen molar-refractivity contribution in [2.24, 2.45) is 5.92 Å². The molecule has 1 N–H and O–H groups in total. The normalized spacial score (nSPS) is 31.1. The van der Waals surface area contributed by atoms with Crippen LogP contribution in [0.1, 0.15) is 47.0 Å². The molecule has 1 fully saturated rings. The Morgan fingerprint density at radius 1 is 1.24 bits per heavy atom. The molecule has 17 heavy (non-hydrogen) atoms. The molecule has 0 radical (unpaired) electrons. The van der Waals surface area contributed by atoms with Gasteiger partial charge in [0.1, 0.15) is 0 Å². The van der Waals surface area contributed by atoms with Crippen molar-refractivity contribution in [3.8, 4) is 0 Å². The van der Waals surface area contributed by atoms with Crippen LogP contribution in [0, 0.1) is 5.92 Å². The van der Waals surface area contributed by atoms with Crippen molar-refractivity contribution in [1.29, 1.82) is 0 Å². The molecule has 1 heterocycles. The molecule has 1 aliphatic heterocycles. The minimum absolute atomic E-state index is 0.0773. The zero-order chi connectivity index (χ0) is 12.8. The zero-order valence-electron chi connectivity index (χ0n) is 11.9. The Kier molecular flexibility index (Phi) is 6.90. The third kappa shape index (κ3) is 5.62. The van der Waals surface area contributed by atoms with Crippen LogP contribution in [-0.2, 0) is 0 Å². The molecule has 1 aliphatic rings. The fourth-order valence-electron chi connectivity index (χ4n) is 2.70. The lowest BCUT2D eigenvalue weighted by atomic mass is 9.95. The fourth-order valence-corrected chi connectivity index (χ4v) is 3.67. The first kappa shape index (κ1) is 15.3. The van der Waals surface area contributed by atoms with Gasteiger partial charge >= 0.3 is 0 Å². The summed E-state index contributed by atoms with van der Waals surface area (Å²) in [4.78, 5) is 2.57. The maximum atomic E-state index is 9.71. The SMILES string of the molecule is CC(C)CSCCCN1C(C)CC(O)CC1C. The van der Waals surface area contributed by atoms with Crippen LogP contribution in [0.3, 0.4) is 0 Å². The number of piperidine rings is 1. The first-order valence-electron chi connectivity index (χ1n) is 7.02. The largest absolute Gasteiger partial charge is 0.393 e. The summed E-state index contributed by atoms with van der Waals surface area (Å²) in [5.41, 5.74) is 0. The Labute approximate surface area is 111 Å². The van der Waals surface area contributed by atoms with Gasteiger partial charge in [0.15, 0.2) is 0 Å². The average molecular weight is 259 g/mol. The zero-order valence-corrected chi connectivity index (χ0v) is 12.7. The molecule has 102 valence electrons. The summed E-state index contributed by atoms with van der Waals surface area (Å²) >= 11 is 2.08. The molecular weight excluding hydrogens is 230 g/mol. The molecule has 0 aromatic rings. The van der Waals surface area contributed by atoms with Gasteiger partial charge in [0.25, 0.3) is 0 Å². The molecule has 0 saturated carbocycles. The highest BCUT2D eigenvalue weighted by molar-refractivity contribution is 7.99. The van der Waals surface area contributed by atoms with Gasteiger partial charge in [0.05, 0.1) is 6.10 Å². The molecule has 2 nitrogen and oxygen atoms in total. The van der Waals surface area contributed by atoms with Gasteiger partial charge in [-0.05, 0) is 57.1 Å². The highest BCUT2D eigenvalue weighted by atomic mass is 32.2. The second-order valence-corrected chi connectivity index (χ2v) is 7.03. The van der Waals surface area contributed by atoms with Crippen LogP contribution in [0.5, 0.6) is 0 Å². The summed E-state index contributed by atoms with van der Waals surface area (Å²) in [6.07, 6.45) is 3.10. The summed E-state index contributed by atoms with van der Waals surface area (Å²) in [7, 11) is 0. The monoisotopic (exact) mass is 259 g/mol. The van der Waals surface area contributed by atoms with Crippen LogP contribution < -0.4 is 0 Å². The van der Waals surface area contributed by atoms with Gasteiger partial charge in [-0.25, -0.2) is 0 Å². The van der Waals surface area contributed by atoms with Crippen molar-refractivity contribution in [2.75, 3.05) is 18.1 Å². The molecule has 0 bridgehead atoms. The molecule has 3 heteroatoms. The topological polar surface area (TPSA) is 23.5 Å². The number of aliphatic hydroxyl groups excluding tert-OH is 1. The van der Waals surface area contributed by atoms with E-state index in [0.717, 1.165) is 18.8 Å². The van der Waals surface area contributed by atoms with Crippen molar-refractivity contribution in [1.82, 2.24) is 4.90 Å². The molecule has 0 spiro atoms. The third-order valence-corrected chi connectivity index (χ3v) is 4.99. The summed E-state index contributed by atoms with van der Waals surface area (Å²) in [6, 6.07) is 1.09. The number of thioether (sulfide) groups is 1. The van der Waals surface area contributed by atoms with Crippen molar-refractivity contribution in [3.63, 3.8) is 0 Å². The van der Waals surface area contributed by atoms with Gasteiger partial charge in [-0.15, -0.1) is 0 Å². The van der Waals surface area contributed by atoms with Crippen LogP contribution in [-0.4, -0.2) is 46.2 Å². The van der Waals surface area contributed by atoms with Crippen molar-refractivity contribution in [2.45, 2.75) is 65.1 Å². The van der Waals surface area contributed by atoms with Crippen molar-refractivity contribution >= 4 is 11.8 Å². The summed E-state index contributed by atoms with van der Waals surface area (Å²) in [5, 5.41) is 9.71. The van der Waals surface area contributed by atoms with Crippen molar-refractivity contribution in [3.05, 3.63) is 0 Å². The number of likely N-dealkylation sites (tertiary alicyclic amines) is 1. The minimum atomic E-state index is -0.0773. The summed E-state index contributed by atoms with van der Waals surface area (Å²) < 4.78 is 0. The Morgan fingerprint density at radius 3 is 2.35 bits per heavy atom. The summed E-state index contributed by atoms with van der Waals surface area (Å²) in [6.45, 7) is 10.3. The number of hydrogen-bond acceptors (Lipinski definition) is 3. The van der Waals surface area contributed by atoms with Gasteiger partial charge in [-0.1, -0.05) is 13.8 Å². The van der Waals surface area contributed by atoms with E-state index in [1.807, 2.05) is 0 Å². The molecule has 0 aromatic carbocycles. The average Bonchev–Trinajstić information content (AvgIpc) is 2.20. The number of hydrogen-bond donors (Lipinski definition) is 1. The molecule has 1 saturated heterocycles. The fraction of sp³-hybridized carbons (Fsp3) is 1.00. The van der Waals surface area contributed by atoms with Gasteiger partial charge in [-0.2, -0.15) is 11.8 Å². The quantitative estimate of drug-likeness (QED) is 0.742. The van der Waals surface area contributed by atoms with E-state index in [-0.39, 0.29) is 6.10 Å². The van der Waals surface area contributed by atoms with Gasteiger partial charge in [-0.3, -0.25) is 4.90 Å². The maximum Gasteiger partial charge on any atom is 0.0569 e. The first-order valence-corrected chi connectivity index (χ1v) is 8.17.